The summed E-state index contributed by atoms with van der Waals surface area (Å²) in [6.07, 6.45) is 1.16. The van der Waals surface area contributed by atoms with E-state index in [0.717, 1.165) is 6.08 Å². The van der Waals surface area contributed by atoms with E-state index in [1.54, 1.807) is 27.7 Å². The van der Waals surface area contributed by atoms with E-state index >= 15 is 0 Å². The molecule has 1 amide bonds. The minimum atomic E-state index is -0.593. The molecule has 0 saturated heterocycles. The van der Waals surface area contributed by atoms with Crippen LogP contribution in [0.3, 0.4) is 0 Å². The zero-order valence-corrected chi connectivity index (χ0v) is 13.8. The molecule has 0 aliphatic heterocycles. The molecule has 0 aliphatic carbocycles. The van der Waals surface area contributed by atoms with Crippen molar-refractivity contribution in [2.75, 3.05) is 26.3 Å². The number of carbonyl (C=O) groups excluding carboxylic acids is 3. The van der Waals surface area contributed by atoms with Crippen LogP contribution in [0.1, 0.15) is 27.7 Å². The van der Waals surface area contributed by atoms with Gasteiger partial charge in [0.05, 0.1) is 18.5 Å². The van der Waals surface area contributed by atoms with Crippen LogP contribution in [-0.4, -0.2) is 49.0 Å². The van der Waals surface area contributed by atoms with Gasteiger partial charge < -0.3 is 14.4 Å². The van der Waals surface area contributed by atoms with Gasteiger partial charge in [0.15, 0.2) is 0 Å². The van der Waals surface area contributed by atoms with Gasteiger partial charge in [0.1, 0.15) is 13.2 Å². The zero-order chi connectivity index (χ0) is 17.3. The number of nitrogens with zero attached hydrogens (tertiary/aromatic N) is 1. The van der Waals surface area contributed by atoms with E-state index in [2.05, 4.69) is 13.2 Å². The monoisotopic (exact) mass is 311 g/mol. The number of rotatable bonds is 8. The maximum Gasteiger partial charge on any atom is 0.333 e. The summed E-state index contributed by atoms with van der Waals surface area (Å²) in [6.45, 7) is 14.2. The van der Waals surface area contributed by atoms with E-state index < -0.39 is 11.4 Å². The lowest BCUT2D eigenvalue weighted by Crippen LogP contribution is -2.37. The lowest BCUT2D eigenvalue weighted by atomic mass is 9.97. The average molecular weight is 311 g/mol. The Balaban J connectivity index is 4.34. The first-order valence-corrected chi connectivity index (χ1v) is 7.00. The van der Waals surface area contributed by atoms with Gasteiger partial charge in [-0.1, -0.05) is 13.2 Å². The molecular weight excluding hydrogens is 286 g/mol. The third-order valence-corrected chi connectivity index (χ3v) is 2.64. The van der Waals surface area contributed by atoms with Gasteiger partial charge in [-0.15, -0.1) is 0 Å². The van der Waals surface area contributed by atoms with Crippen LogP contribution in [0.2, 0.25) is 0 Å². The zero-order valence-electron chi connectivity index (χ0n) is 13.8. The summed E-state index contributed by atoms with van der Waals surface area (Å²) < 4.78 is 10.0. The molecule has 0 aromatic rings. The smallest absolute Gasteiger partial charge is 0.333 e. The van der Waals surface area contributed by atoms with Crippen molar-refractivity contribution in [3.8, 4) is 0 Å². The molecule has 0 saturated carbocycles. The highest BCUT2D eigenvalue weighted by atomic mass is 16.5. The molecule has 0 bridgehead atoms. The molecule has 0 fully saturated rings. The van der Waals surface area contributed by atoms with Crippen LogP contribution in [-0.2, 0) is 23.9 Å². The summed E-state index contributed by atoms with van der Waals surface area (Å²) in [7, 11) is 0. The highest BCUT2D eigenvalue weighted by molar-refractivity contribution is 5.87. The van der Waals surface area contributed by atoms with Crippen LogP contribution >= 0.6 is 0 Å². The fourth-order valence-corrected chi connectivity index (χ4v) is 1.30. The quantitative estimate of drug-likeness (QED) is 0.504. The summed E-state index contributed by atoms with van der Waals surface area (Å²) in [5.74, 6) is -1.17. The molecule has 0 spiro atoms. The minimum absolute atomic E-state index is 0.0402. The fourth-order valence-electron chi connectivity index (χ4n) is 1.30. The molecular formula is C16H25NO5. The van der Waals surface area contributed by atoms with Gasteiger partial charge in [0.2, 0.25) is 5.91 Å². The molecule has 124 valence electrons. The maximum atomic E-state index is 11.7. The number of ether oxygens (including phenoxy) is 2. The second-order valence-corrected chi connectivity index (χ2v) is 5.83. The first-order valence-electron chi connectivity index (χ1n) is 7.00. The van der Waals surface area contributed by atoms with Crippen molar-refractivity contribution in [3.63, 3.8) is 0 Å². The van der Waals surface area contributed by atoms with E-state index in [-0.39, 0.29) is 38.2 Å². The van der Waals surface area contributed by atoms with Gasteiger partial charge in [0.25, 0.3) is 0 Å². The third-order valence-electron chi connectivity index (χ3n) is 2.64. The summed E-state index contributed by atoms with van der Waals surface area (Å²) in [5.41, 5.74) is -0.301. The van der Waals surface area contributed by atoms with Crippen LogP contribution in [0.4, 0.5) is 0 Å². The van der Waals surface area contributed by atoms with Crippen molar-refractivity contribution in [3.05, 3.63) is 24.8 Å². The molecule has 0 aromatic heterocycles. The molecule has 0 N–H and O–H groups in total. The van der Waals surface area contributed by atoms with Crippen molar-refractivity contribution in [2.24, 2.45) is 5.41 Å². The van der Waals surface area contributed by atoms with Crippen molar-refractivity contribution >= 4 is 17.8 Å². The molecule has 22 heavy (non-hydrogen) atoms. The molecule has 6 heteroatoms. The lowest BCUT2D eigenvalue weighted by Gasteiger charge is -2.22. The normalized spacial score (nSPS) is 10.5. The van der Waals surface area contributed by atoms with Gasteiger partial charge in [-0.2, -0.15) is 0 Å². The van der Waals surface area contributed by atoms with Crippen LogP contribution < -0.4 is 0 Å². The number of amides is 1. The standard InChI is InChI=1S/C16H25NO5/c1-7-13(18)17(8-10-21-14(19)12(2)3)9-11-22-15(20)16(4,5)6/h7H,1-2,8-11H2,3-6H3. The third kappa shape index (κ3) is 7.61. The Bertz CT molecular complexity index is 448. The first-order chi connectivity index (χ1) is 10.1. The van der Waals surface area contributed by atoms with Crippen molar-refractivity contribution < 1.29 is 23.9 Å². The van der Waals surface area contributed by atoms with Gasteiger partial charge in [0, 0.05) is 5.57 Å². The minimum Gasteiger partial charge on any atom is -0.463 e. The molecule has 0 aliphatic rings. The molecule has 0 aromatic carbocycles. The SMILES string of the molecule is C=CC(=O)N(CCOC(=O)C(=C)C)CCOC(=O)C(C)(C)C. The Morgan fingerprint density at radius 1 is 1.09 bits per heavy atom. The summed E-state index contributed by atoms with van der Waals surface area (Å²) in [4.78, 5) is 36.0. The molecule has 0 atom stereocenters. The summed E-state index contributed by atoms with van der Waals surface area (Å²) in [5, 5.41) is 0. The Labute approximate surface area is 131 Å². The average Bonchev–Trinajstić information content (AvgIpc) is 2.43. The number of hydrogen-bond acceptors (Lipinski definition) is 5. The first kappa shape index (κ1) is 19.9. The van der Waals surface area contributed by atoms with E-state index in [9.17, 15) is 14.4 Å². The second-order valence-electron chi connectivity index (χ2n) is 5.83. The van der Waals surface area contributed by atoms with Crippen LogP contribution in [0.15, 0.2) is 24.8 Å². The van der Waals surface area contributed by atoms with E-state index in [1.807, 2.05) is 0 Å². The molecule has 0 rings (SSSR count). The topological polar surface area (TPSA) is 72.9 Å². The van der Waals surface area contributed by atoms with Gasteiger partial charge in [-0.3, -0.25) is 9.59 Å². The Morgan fingerprint density at radius 2 is 1.59 bits per heavy atom. The number of carbonyl (C=O) groups is 3. The van der Waals surface area contributed by atoms with Crippen LogP contribution in [0.25, 0.3) is 0 Å². The summed E-state index contributed by atoms with van der Waals surface area (Å²) in [6, 6.07) is 0. The Kier molecular flexibility index (Phi) is 8.15. The molecule has 0 radical (unpaired) electrons. The van der Waals surface area contributed by atoms with Crippen LogP contribution in [0.5, 0.6) is 0 Å². The number of hydrogen-bond donors (Lipinski definition) is 0. The molecule has 0 unspecified atom stereocenters. The van der Waals surface area contributed by atoms with Crippen molar-refractivity contribution in [1.29, 1.82) is 0 Å². The summed E-state index contributed by atoms with van der Waals surface area (Å²) >= 11 is 0. The Morgan fingerprint density at radius 3 is 2.00 bits per heavy atom. The number of esters is 2. The lowest BCUT2D eigenvalue weighted by molar-refractivity contribution is -0.154. The van der Waals surface area contributed by atoms with Crippen molar-refractivity contribution in [1.82, 2.24) is 4.90 Å². The van der Waals surface area contributed by atoms with E-state index in [0.29, 0.717) is 5.57 Å². The highest BCUT2D eigenvalue weighted by Gasteiger charge is 2.23. The van der Waals surface area contributed by atoms with Gasteiger partial charge >= 0.3 is 11.9 Å². The van der Waals surface area contributed by atoms with Gasteiger partial charge in [-0.05, 0) is 33.8 Å². The predicted octanol–water partition coefficient (Wildman–Crippen LogP) is 1.71. The van der Waals surface area contributed by atoms with Gasteiger partial charge in [-0.25, -0.2) is 4.79 Å². The second kappa shape index (κ2) is 9.02. The largest absolute Gasteiger partial charge is 0.463 e. The predicted molar refractivity (Wildman–Crippen MR) is 83.0 cm³/mol. The van der Waals surface area contributed by atoms with E-state index in [4.69, 9.17) is 9.47 Å². The molecule has 0 heterocycles. The molecule has 6 nitrogen and oxygen atoms in total. The maximum absolute atomic E-state index is 11.7. The van der Waals surface area contributed by atoms with Crippen LogP contribution in [0, 0.1) is 5.41 Å². The fraction of sp³-hybridized carbons (Fsp3) is 0.562. The van der Waals surface area contributed by atoms with E-state index in [1.165, 1.54) is 4.90 Å². The Hall–Kier alpha value is -2.11. The highest BCUT2D eigenvalue weighted by Crippen LogP contribution is 2.14. The van der Waals surface area contributed by atoms with Crippen molar-refractivity contribution in [2.45, 2.75) is 27.7 Å².